The molecule has 3 N–H and O–H groups in total. The van der Waals surface area contributed by atoms with E-state index in [0.29, 0.717) is 6.07 Å². The standard InChI is InChI=1S/C13H10ClF2N3O2/c1-21-13(20)7-4-11(18-5-10(7)17)19-12-8(14)2-6(15)3-9(12)16/h2-5H,17H2,1H3,(H,18,19). The summed E-state index contributed by atoms with van der Waals surface area (Å²) < 4.78 is 31.2. The van der Waals surface area contributed by atoms with Gasteiger partial charge in [0, 0.05) is 6.07 Å². The molecule has 8 heteroatoms. The Morgan fingerprint density at radius 3 is 2.71 bits per heavy atom. The summed E-state index contributed by atoms with van der Waals surface area (Å²) in [4.78, 5) is 15.4. The lowest BCUT2D eigenvalue weighted by Gasteiger charge is -2.11. The van der Waals surface area contributed by atoms with Crippen LogP contribution < -0.4 is 11.1 Å². The zero-order valence-corrected chi connectivity index (χ0v) is 11.5. The second kappa shape index (κ2) is 5.92. The Labute approximate surface area is 123 Å². The quantitative estimate of drug-likeness (QED) is 0.851. The van der Waals surface area contributed by atoms with Crippen LogP contribution >= 0.6 is 11.6 Å². The average Bonchev–Trinajstić information content (AvgIpc) is 2.43. The molecule has 21 heavy (non-hydrogen) atoms. The highest BCUT2D eigenvalue weighted by Crippen LogP contribution is 2.29. The third-order valence-corrected chi connectivity index (χ3v) is 2.90. The second-order valence-corrected chi connectivity index (χ2v) is 4.43. The van der Waals surface area contributed by atoms with E-state index in [9.17, 15) is 13.6 Å². The van der Waals surface area contributed by atoms with Crippen LogP contribution in [0.5, 0.6) is 0 Å². The first-order valence-corrected chi connectivity index (χ1v) is 6.05. The summed E-state index contributed by atoms with van der Waals surface area (Å²) >= 11 is 5.76. The minimum atomic E-state index is -0.891. The topological polar surface area (TPSA) is 77.2 Å². The Morgan fingerprint density at radius 2 is 2.10 bits per heavy atom. The number of hydrogen-bond donors (Lipinski definition) is 2. The maximum Gasteiger partial charge on any atom is 0.340 e. The number of anilines is 3. The highest BCUT2D eigenvalue weighted by Gasteiger charge is 2.14. The normalized spacial score (nSPS) is 10.3. The Morgan fingerprint density at radius 1 is 1.38 bits per heavy atom. The molecule has 2 aromatic rings. The van der Waals surface area contributed by atoms with Gasteiger partial charge in [-0.05, 0) is 12.1 Å². The van der Waals surface area contributed by atoms with Crippen LogP contribution in [0.15, 0.2) is 24.4 Å². The van der Waals surface area contributed by atoms with Gasteiger partial charge in [-0.3, -0.25) is 0 Å². The monoisotopic (exact) mass is 313 g/mol. The van der Waals surface area contributed by atoms with Crippen LogP contribution in [0.25, 0.3) is 0 Å². The minimum absolute atomic E-state index is 0.0636. The number of halogens is 3. The molecule has 0 aliphatic carbocycles. The number of nitrogens with one attached hydrogen (secondary N) is 1. The van der Waals surface area contributed by atoms with Crippen molar-refractivity contribution in [2.75, 3.05) is 18.2 Å². The van der Waals surface area contributed by atoms with E-state index in [0.717, 1.165) is 6.07 Å². The number of hydrogen-bond acceptors (Lipinski definition) is 5. The Bertz CT molecular complexity index is 687. The molecule has 110 valence electrons. The largest absolute Gasteiger partial charge is 0.465 e. The lowest BCUT2D eigenvalue weighted by atomic mass is 10.2. The maximum absolute atomic E-state index is 13.7. The number of nitrogen functional groups attached to an aromatic ring is 1. The van der Waals surface area contributed by atoms with Crippen LogP contribution in [0.4, 0.5) is 26.0 Å². The molecular formula is C13H10ClF2N3O2. The van der Waals surface area contributed by atoms with Crippen molar-refractivity contribution in [2.24, 2.45) is 0 Å². The van der Waals surface area contributed by atoms with Crippen molar-refractivity contribution in [3.05, 3.63) is 46.6 Å². The van der Waals surface area contributed by atoms with Crippen LogP contribution in [0.1, 0.15) is 10.4 Å². The lowest BCUT2D eigenvalue weighted by molar-refractivity contribution is 0.0602. The van der Waals surface area contributed by atoms with Crippen LogP contribution in [0, 0.1) is 11.6 Å². The molecule has 0 bridgehead atoms. The van der Waals surface area contributed by atoms with Gasteiger partial charge in [-0.1, -0.05) is 11.6 Å². The van der Waals surface area contributed by atoms with Crippen LogP contribution in [-0.2, 0) is 4.74 Å². The van der Waals surface area contributed by atoms with E-state index in [-0.39, 0.29) is 27.8 Å². The van der Waals surface area contributed by atoms with Gasteiger partial charge >= 0.3 is 5.97 Å². The summed E-state index contributed by atoms with van der Waals surface area (Å²) in [7, 11) is 1.20. The number of nitrogens with zero attached hydrogens (tertiary/aromatic N) is 1. The van der Waals surface area contributed by atoms with E-state index < -0.39 is 17.6 Å². The van der Waals surface area contributed by atoms with Gasteiger partial charge < -0.3 is 15.8 Å². The third-order valence-electron chi connectivity index (χ3n) is 2.60. The number of rotatable bonds is 3. The summed E-state index contributed by atoms with van der Waals surface area (Å²) in [5, 5.41) is 2.40. The molecule has 1 aromatic carbocycles. The van der Waals surface area contributed by atoms with Crippen LogP contribution in [-0.4, -0.2) is 18.1 Å². The van der Waals surface area contributed by atoms with Crippen molar-refractivity contribution < 1.29 is 18.3 Å². The second-order valence-electron chi connectivity index (χ2n) is 4.02. The number of carbonyl (C=O) groups excluding carboxylic acids is 1. The zero-order valence-electron chi connectivity index (χ0n) is 10.8. The van der Waals surface area contributed by atoms with Crippen molar-refractivity contribution >= 4 is 34.8 Å². The highest BCUT2D eigenvalue weighted by molar-refractivity contribution is 6.33. The zero-order chi connectivity index (χ0) is 15.6. The van der Waals surface area contributed by atoms with E-state index in [2.05, 4.69) is 15.0 Å². The predicted octanol–water partition coefficient (Wildman–Crippen LogP) is 3.13. The number of carbonyl (C=O) groups is 1. The van der Waals surface area contributed by atoms with E-state index in [1.54, 1.807) is 0 Å². The fraction of sp³-hybridized carbons (Fsp3) is 0.0769. The van der Waals surface area contributed by atoms with Gasteiger partial charge in [-0.2, -0.15) is 0 Å². The van der Waals surface area contributed by atoms with Gasteiger partial charge in [-0.15, -0.1) is 0 Å². The van der Waals surface area contributed by atoms with E-state index in [4.69, 9.17) is 17.3 Å². The highest BCUT2D eigenvalue weighted by atomic mass is 35.5. The first kappa shape index (κ1) is 15.0. The SMILES string of the molecule is COC(=O)c1cc(Nc2c(F)cc(F)cc2Cl)ncc1N. The molecule has 1 aromatic heterocycles. The summed E-state index contributed by atoms with van der Waals surface area (Å²) in [6.45, 7) is 0. The molecule has 0 aliphatic rings. The van der Waals surface area contributed by atoms with Crippen LogP contribution in [0.2, 0.25) is 5.02 Å². The van der Waals surface area contributed by atoms with E-state index in [1.165, 1.54) is 19.4 Å². The Hall–Kier alpha value is -2.41. The van der Waals surface area contributed by atoms with Gasteiger partial charge in [0.1, 0.15) is 11.6 Å². The first-order chi connectivity index (χ1) is 9.92. The summed E-state index contributed by atoms with van der Waals surface area (Å²) in [6.07, 6.45) is 1.21. The molecule has 0 saturated carbocycles. The molecule has 0 aliphatic heterocycles. The molecule has 5 nitrogen and oxygen atoms in total. The molecular weight excluding hydrogens is 304 g/mol. The molecule has 0 atom stereocenters. The van der Waals surface area contributed by atoms with Gasteiger partial charge in [-0.25, -0.2) is 18.6 Å². The summed E-state index contributed by atoms with van der Waals surface area (Å²) in [6, 6.07) is 2.90. The fourth-order valence-corrected chi connectivity index (χ4v) is 1.85. The van der Waals surface area contributed by atoms with Gasteiger partial charge in [0.2, 0.25) is 0 Å². The molecule has 2 rings (SSSR count). The number of methoxy groups -OCH3 is 1. The maximum atomic E-state index is 13.7. The van der Waals surface area contributed by atoms with Crippen LogP contribution in [0.3, 0.4) is 0 Å². The van der Waals surface area contributed by atoms with Crippen molar-refractivity contribution in [3.63, 3.8) is 0 Å². The van der Waals surface area contributed by atoms with Crippen molar-refractivity contribution in [3.8, 4) is 0 Å². The van der Waals surface area contributed by atoms with Crippen molar-refractivity contribution in [2.45, 2.75) is 0 Å². The smallest absolute Gasteiger partial charge is 0.340 e. The fourth-order valence-electron chi connectivity index (χ4n) is 1.61. The number of nitrogens with two attached hydrogens (primary N) is 1. The summed E-state index contributed by atoms with van der Waals surface area (Å²) in [5.74, 6) is -2.25. The molecule has 0 spiro atoms. The average molecular weight is 314 g/mol. The Balaban J connectivity index is 2.39. The number of pyridine rings is 1. The van der Waals surface area contributed by atoms with Gasteiger partial charge in [0.05, 0.1) is 35.3 Å². The van der Waals surface area contributed by atoms with Gasteiger partial charge in [0.15, 0.2) is 5.82 Å². The number of ether oxygens (including phenoxy) is 1. The molecule has 0 fully saturated rings. The molecule has 0 unspecified atom stereocenters. The van der Waals surface area contributed by atoms with Crippen molar-refractivity contribution in [1.29, 1.82) is 0 Å². The van der Waals surface area contributed by atoms with Gasteiger partial charge in [0.25, 0.3) is 0 Å². The number of benzene rings is 1. The van der Waals surface area contributed by atoms with E-state index >= 15 is 0 Å². The number of esters is 1. The van der Waals surface area contributed by atoms with Crippen molar-refractivity contribution in [1.82, 2.24) is 4.98 Å². The predicted molar refractivity (Wildman–Crippen MR) is 74.6 cm³/mol. The molecule has 0 saturated heterocycles. The molecule has 0 radical (unpaired) electrons. The summed E-state index contributed by atoms with van der Waals surface area (Å²) in [5.41, 5.74) is 5.61. The molecule has 1 heterocycles. The molecule has 0 amide bonds. The first-order valence-electron chi connectivity index (χ1n) is 5.67. The van der Waals surface area contributed by atoms with E-state index in [1.807, 2.05) is 0 Å². The minimum Gasteiger partial charge on any atom is -0.465 e. The Kier molecular flexibility index (Phi) is 4.23. The lowest BCUT2D eigenvalue weighted by Crippen LogP contribution is -2.08. The third kappa shape index (κ3) is 3.19. The number of aromatic nitrogens is 1.